The molecule has 3 atom stereocenters. The van der Waals surface area contributed by atoms with E-state index in [4.69, 9.17) is 14.6 Å². The van der Waals surface area contributed by atoms with E-state index in [0.29, 0.717) is 18.6 Å². The molecule has 2 heterocycles. The van der Waals surface area contributed by atoms with Gasteiger partial charge < -0.3 is 19.5 Å². The zero-order valence-corrected chi connectivity index (χ0v) is 11.2. The Morgan fingerprint density at radius 2 is 2.24 bits per heavy atom. The molecule has 2 aliphatic rings. The second-order valence-electron chi connectivity index (χ2n) is 5.68. The minimum Gasteiger partial charge on any atom is -0.394 e. The normalized spacial score (nSPS) is 40.1. The van der Waals surface area contributed by atoms with Gasteiger partial charge in [0.1, 0.15) is 6.10 Å². The van der Waals surface area contributed by atoms with Crippen LogP contribution >= 0.6 is 0 Å². The standard InChI is InChI=1S/C13H25NO3/c1-10(2)14-6-4-5-11(7-14)13(3)16-9-12(8-15)17-13/h10-12,15H,4-9H2,1-3H3. The summed E-state index contributed by atoms with van der Waals surface area (Å²) in [6.07, 6.45) is 2.21. The van der Waals surface area contributed by atoms with Crippen LogP contribution in [0.2, 0.25) is 0 Å². The fourth-order valence-corrected chi connectivity index (χ4v) is 2.86. The molecule has 0 aromatic rings. The number of hydrogen-bond acceptors (Lipinski definition) is 4. The van der Waals surface area contributed by atoms with Gasteiger partial charge in [-0.05, 0) is 40.2 Å². The van der Waals surface area contributed by atoms with Crippen LogP contribution < -0.4 is 0 Å². The molecule has 3 unspecified atom stereocenters. The molecule has 0 saturated carbocycles. The quantitative estimate of drug-likeness (QED) is 0.809. The van der Waals surface area contributed by atoms with Crippen molar-refractivity contribution in [2.45, 2.75) is 51.5 Å². The molecule has 4 heteroatoms. The van der Waals surface area contributed by atoms with Crippen LogP contribution in [0.1, 0.15) is 33.6 Å². The van der Waals surface area contributed by atoms with Crippen molar-refractivity contribution in [3.8, 4) is 0 Å². The van der Waals surface area contributed by atoms with Gasteiger partial charge in [0, 0.05) is 18.5 Å². The molecule has 4 nitrogen and oxygen atoms in total. The van der Waals surface area contributed by atoms with E-state index in [1.165, 1.54) is 13.0 Å². The summed E-state index contributed by atoms with van der Waals surface area (Å²) >= 11 is 0. The Morgan fingerprint density at radius 1 is 1.47 bits per heavy atom. The first-order valence-corrected chi connectivity index (χ1v) is 6.72. The molecule has 1 N–H and O–H groups in total. The first kappa shape index (κ1) is 13.3. The predicted molar refractivity (Wildman–Crippen MR) is 65.7 cm³/mol. The van der Waals surface area contributed by atoms with Crippen LogP contribution in [-0.4, -0.2) is 54.2 Å². The van der Waals surface area contributed by atoms with E-state index in [1.54, 1.807) is 0 Å². The smallest absolute Gasteiger partial charge is 0.170 e. The van der Waals surface area contributed by atoms with Crippen LogP contribution in [0, 0.1) is 5.92 Å². The second-order valence-corrected chi connectivity index (χ2v) is 5.68. The SMILES string of the molecule is CC(C)N1CCCC(C2(C)OCC(CO)O2)C1. The van der Waals surface area contributed by atoms with Crippen molar-refractivity contribution >= 4 is 0 Å². The Balaban J connectivity index is 1.97. The average molecular weight is 243 g/mol. The van der Waals surface area contributed by atoms with Gasteiger partial charge in [0.2, 0.25) is 0 Å². The van der Waals surface area contributed by atoms with E-state index in [-0.39, 0.29) is 12.7 Å². The topological polar surface area (TPSA) is 41.9 Å². The molecule has 2 aliphatic heterocycles. The Morgan fingerprint density at radius 3 is 2.82 bits per heavy atom. The fraction of sp³-hybridized carbons (Fsp3) is 1.00. The van der Waals surface area contributed by atoms with Gasteiger partial charge in [0.15, 0.2) is 5.79 Å². The number of ether oxygens (including phenoxy) is 2. The van der Waals surface area contributed by atoms with Gasteiger partial charge in [-0.25, -0.2) is 0 Å². The van der Waals surface area contributed by atoms with Crippen LogP contribution in [0.3, 0.4) is 0 Å². The maximum Gasteiger partial charge on any atom is 0.170 e. The van der Waals surface area contributed by atoms with Crippen molar-refractivity contribution in [3.05, 3.63) is 0 Å². The molecule has 0 aromatic heterocycles. The summed E-state index contributed by atoms with van der Waals surface area (Å²) in [5.74, 6) is -0.0868. The van der Waals surface area contributed by atoms with E-state index in [9.17, 15) is 0 Å². The fourth-order valence-electron chi connectivity index (χ4n) is 2.86. The highest BCUT2D eigenvalue weighted by Crippen LogP contribution is 2.36. The Bertz CT molecular complexity index is 259. The van der Waals surface area contributed by atoms with E-state index < -0.39 is 5.79 Å². The zero-order valence-electron chi connectivity index (χ0n) is 11.2. The molecule has 0 spiro atoms. The minimum atomic E-state index is -0.499. The highest BCUT2D eigenvalue weighted by Gasteiger charge is 2.45. The molecule has 2 fully saturated rings. The van der Waals surface area contributed by atoms with Crippen molar-refractivity contribution in [1.29, 1.82) is 0 Å². The van der Waals surface area contributed by atoms with Crippen molar-refractivity contribution in [1.82, 2.24) is 4.90 Å². The molecule has 0 radical (unpaired) electrons. The van der Waals surface area contributed by atoms with Gasteiger partial charge in [-0.15, -0.1) is 0 Å². The van der Waals surface area contributed by atoms with Crippen LogP contribution in [-0.2, 0) is 9.47 Å². The van der Waals surface area contributed by atoms with Crippen molar-refractivity contribution in [3.63, 3.8) is 0 Å². The summed E-state index contributed by atoms with van der Waals surface area (Å²) in [5.41, 5.74) is 0. The molecule has 0 amide bonds. The third kappa shape index (κ3) is 2.81. The molecular formula is C13H25NO3. The molecule has 0 aliphatic carbocycles. The maximum absolute atomic E-state index is 9.12. The number of aliphatic hydroxyl groups excluding tert-OH is 1. The summed E-state index contributed by atoms with van der Waals surface area (Å²) in [4.78, 5) is 2.48. The molecular weight excluding hydrogens is 218 g/mol. The van der Waals surface area contributed by atoms with Gasteiger partial charge in [-0.3, -0.25) is 0 Å². The lowest BCUT2D eigenvalue weighted by Crippen LogP contribution is -2.49. The van der Waals surface area contributed by atoms with Gasteiger partial charge >= 0.3 is 0 Å². The number of piperidine rings is 1. The largest absolute Gasteiger partial charge is 0.394 e. The summed E-state index contributed by atoms with van der Waals surface area (Å²) < 4.78 is 11.7. The highest BCUT2D eigenvalue weighted by atomic mass is 16.7. The Labute approximate surface area is 104 Å². The lowest BCUT2D eigenvalue weighted by atomic mass is 9.90. The van der Waals surface area contributed by atoms with Gasteiger partial charge in [-0.1, -0.05) is 0 Å². The predicted octanol–water partition coefficient (Wildman–Crippen LogP) is 1.23. The lowest BCUT2D eigenvalue weighted by Gasteiger charge is -2.41. The van der Waals surface area contributed by atoms with E-state index in [0.717, 1.165) is 13.0 Å². The summed E-state index contributed by atoms with van der Waals surface area (Å²) in [6.45, 7) is 9.27. The molecule has 2 rings (SSSR count). The number of rotatable bonds is 3. The number of likely N-dealkylation sites (tertiary alicyclic amines) is 1. The third-order valence-electron chi connectivity index (χ3n) is 4.08. The van der Waals surface area contributed by atoms with Crippen molar-refractivity contribution in [2.75, 3.05) is 26.3 Å². The van der Waals surface area contributed by atoms with Crippen molar-refractivity contribution in [2.24, 2.45) is 5.92 Å². The van der Waals surface area contributed by atoms with Crippen LogP contribution in [0.4, 0.5) is 0 Å². The zero-order chi connectivity index (χ0) is 12.5. The van der Waals surface area contributed by atoms with Gasteiger partial charge in [0.05, 0.1) is 13.2 Å². The van der Waals surface area contributed by atoms with Crippen LogP contribution in [0.5, 0.6) is 0 Å². The van der Waals surface area contributed by atoms with Crippen molar-refractivity contribution < 1.29 is 14.6 Å². The van der Waals surface area contributed by atoms with Gasteiger partial charge in [0.25, 0.3) is 0 Å². The first-order valence-electron chi connectivity index (χ1n) is 6.72. The van der Waals surface area contributed by atoms with Gasteiger partial charge in [-0.2, -0.15) is 0 Å². The number of hydrogen-bond donors (Lipinski definition) is 1. The van der Waals surface area contributed by atoms with E-state index in [2.05, 4.69) is 18.7 Å². The molecule has 100 valence electrons. The summed E-state index contributed by atoms with van der Waals surface area (Å²) in [5, 5.41) is 9.12. The summed E-state index contributed by atoms with van der Waals surface area (Å²) in [6, 6.07) is 0.580. The first-order chi connectivity index (χ1) is 8.05. The second kappa shape index (κ2) is 5.22. The third-order valence-corrected chi connectivity index (χ3v) is 4.08. The average Bonchev–Trinajstić information content (AvgIpc) is 2.73. The molecule has 0 bridgehead atoms. The maximum atomic E-state index is 9.12. The van der Waals surface area contributed by atoms with Crippen LogP contribution in [0.15, 0.2) is 0 Å². The number of aliphatic hydroxyl groups is 1. The highest BCUT2D eigenvalue weighted by molar-refractivity contribution is 4.87. The molecule has 2 saturated heterocycles. The van der Waals surface area contributed by atoms with E-state index in [1.807, 2.05) is 6.92 Å². The molecule has 17 heavy (non-hydrogen) atoms. The lowest BCUT2D eigenvalue weighted by molar-refractivity contribution is -0.204. The number of nitrogens with zero attached hydrogens (tertiary/aromatic N) is 1. The monoisotopic (exact) mass is 243 g/mol. The van der Waals surface area contributed by atoms with E-state index >= 15 is 0 Å². The minimum absolute atomic E-state index is 0.0518. The molecule has 0 aromatic carbocycles. The Hall–Kier alpha value is -0.160. The Kier molecular flexibility index (Phi) is 4.08. The summed E-state index contributed by atoms with van der Waals surface area (Å²) in [7, 11) is 0. The van der Waals surface area contributed by atoms with Crippen LogP contribution in [0.25, 0.3) is 0 Å².